The van der Waals surface area contributed by atoms with Crippen molar-refractivity contribution in [1.29, 1.82) is 0 Å². The normalized spacial score (nSPS) is 21.0. The Morgan fingerprint density at radius 1 is 1.38 bits per heavy atom. The molecule has 1 aromatic rings. The van der Waals surface area contributed by atoms with Gasteiger partial charge >= 0.3 is 5.97 Å². The zero-order valence-electron chi connectivity index (χ0n) is 12.8. The minimum Gasteiger partial charge on any atom is -0.486 e. The molecule has 0 radical (unpaired) electrons. The van der Waals surface area contributed by atoms with Crippen molar-refractivity contribution >= 4 is 17.6 Å². The van der Waals surface area contributed by atoms with Gasteiger partial charge in [0.1, 0.15) is 17.5 Å². The molecule has 1 heterocycles. The molecule has 0 saturated carbocycles. The molecule has 0 unspecified atom stereocenters. The second-order valence-corrected chi connectivity index (χ2v) is 6.98. The molecule has 1 aromatic carbocycles. The van der Waals surface area contributed by atoms with E-state index >= 15 is 0 Å². The van der Waals surface area contributed by atoms with Crippen LogP contribution >= 0.6 is 11.6 Å². The van der Waals surface area contributed by atoms with E-state index in [4.69, 9.17) is 21.1 Å². The molecule has 0 saturated heterocycles. The molecule has 0 spiro atoms. The lowest BCUT2D eigenvalue weighted by atomic mass is 9.90. The van der Waals surface area contributed by atoms with Crippen molar-refractivity contribution in [2.24, 2.45) is 0 Å². The van der Waals surface area contributed by atoms with E-state index in [9.17, 15) is 9.90 Å². The Balaban J connectivity index is 2.15. The Hall–Kier alpha value is -1.26. The number of rotatable bonds is 2. The Morgan fingerprint density at radius 2 is 2.05 bits per heavy atom. The second-order valence-electron chi connectivity index (χ2n) is 6.55. The van der Waals surface area contributed by atoms with Gasteiger partial charge in [-0.15, -0.1) is 0 Å². The predicted molar refractivity (Wildman–Crippen MR) is 80.7 cm³/mol. The van der Waals surface area contributed by atoms with Crippen LogP contribution in [0.25, 0.3) is 0 Å². The zero-order chi connectivity index (χ0) is 15.8. The van der Waals surface area contributed by atoms with Gasteiger partial charge < -0.3 is 14.6 Å². The smallest absolute Gasteiger partial charge is 0.342 e. The van der Waals surface area contributed by atoms with Crippen LogP contribution in [0.1, 0.15) is 39.7 Å². The van der Waals surface area contributed by atoms with E-state index in [2.05, 4.69) is 0 Å². The number of ether oxygens (including phenoxy) is 2. The standard InChI is InChI=1S/C16H21ClO4/c1-15(2,3)21-14(18)16(4,19)13-8-5-10-9-11(17)6-7-12(10)20-13/h6-7,9,13,19H,5,8H2,1-4H3/t13-,16+/m1/s1. The maximum absolute atomic E-state index is 12.2. The fourth-order valence-electron chi connectivity index (χ4n) is 2.27. The van der Waals surface area contributed by atoms with Crippen LogP contribution < -0.4 is 4.74 Å². The molecule has 21 heavy (non-hydrogen) atoms. The molecule has 1 aliphatic heterocycles. The van der Waals surface area contributed by atoms with E-state index in [0.717, 1.165) is 5.56 Å². The van der Waals surface area contributed by atoms with Crippen molar-refractivity contribution in [3.8, 4) is 5.75 Å². The first-order chi connectivity index (χ1) is 9.59. The summed E-state index contributed by atoms with van der Waals surface area (Å²) in [4.78, 5) is 12.2. The van der Waals surface area contributed by atoms with Gasteiger partial charge in [-0.05, 0) is 64.3 Å². The van der Waals surface area contributed by atoms with Gasteiger partial charge in [0.05, 0.1) is 0 Å². The highest BCUT2D eigenvalue weighted by Crippen LogP contribution is 2.34. The molecule has 4 nitrogen and oxygen atoms in total. The third-order valence-electron chi connectivity index (χ3n) is 3.41. The van der Waals surface area contributed by atoms with Gasteiger partial charge in [0.15, 0.2) is 5.60 Å². The molecular formula is C16H21ClO4. The number of halogens is 1. The number of fused-ring (bicyclic) bond motifs is 1. The Morgan fingerprint density at radius 3 is 2.67 bits per heavy atom. The minimum atomic E-state index is -1.69. The third kappa shape index (κ3) is 3.69. The van der Waals surface area contributed by atoms with Crippen molar-refractivity contribution in [2.45, 2.75) is 57.8 Å². The third-order valence-corrected chi connectivity index (χ3v) is 3.64. The second kappa shape index (κ2) is 5.50. The van der Waals surface area contributed by atoms with Crippen LogP contribution in [0.2, 0.25) is 5.02 Å². The molecule has 2 atom stereocenters. The number of hydrogen-bond acceptors (Lipinski definition) is 4. The number of aryl methyl sites for hydroxylation is 1. The van der Waals surface area contributed by atoms with Gasteiger partial charge in [-0.1, -0.05) is 11.6 Å². The zero-order valence-corrected chi connectivity index (χ0v) is 13.5. The van der Waals surface area contributed by atoms with E-state index in [-0.39, 0.29) is 0 Å². The summed E-state index contributed by atoms with van der Waals surface area (Å²) in [5.41, 5.74) is -1.36. The Bertz CT molecular complexity index is 546. The lowest BCUT2D eigenvalue weighted by Gasteiger charge is -2.36. The molecule has 0 aromatic heterocycles. The molecule has 0 bridgehead atoms. The van der Waals surface area contributed by atoms with Gasteiger partial charge in [0.2, 0.25) is 0 Å². The number of carbonyl (C=O) groups excluding carboxylic acids is 1. The first kappa shape index (κ1) is 16.1. The maximum Gasteiger partial charge on any atom is 0.342 e. The fourth-order valence-corrected chi connectivity index (χ4v) is 2.46. The molecule has 0 fully saturated rings. The van der Waals surface area contributed by atoms with Crippen molar-refractivity contribution in [1.82, 2.24) is 0 Å². The monoisotopic (exact) mass is 312 g/mol. The number of aliphatic hydroxyl groups is 1. The molecule has 116 valence electrons. The van der Waals surface area contributed by atoms with Crippen molar-refractivity contribution in [3.63, 3.8) is 0 Å². The summed E-state index contributed by atoms with van der Waals surface area (Å²) in [5.74, 6) is -0.0168. The Kier molecular flexibility index (Phi) is 4.22. The summed E-state index contributed by atoms with van der Waals surface area (Å²) in [6.45, 7) is 6.73. The first-order valence-corrected chi connectivity index (χ1v) is 7.38. The van der Waals surface area contributed by atoms with E-state index in [1.54, 1.807) is 32.9 Å². The molecule has 2 rings (SSSR count). The van der Waals surface area contributed by atoms with E-state index in [1.165, 1.54) is 6.92 Å². The average Bonchev–Trinajstić information content (AvgIpc) is 2.35. The van der Waals surface area contributed by atoms with Crippen LogP contribution in [0.5, 0.6) is 5.75 Å². The van der Waals surface area contributed by atoms with Crippen LogP contribution in [-0.4, -0.2) is 28.4 Å². The van der Waals surface area contributed by atoms with Crippen molar-refractivity contribution in [3.05, 3.63) is 28.8 Å². The summed E-state index contributed by atoms with van der Waals surface area (Å²) in [6.07, 6.45) is 0.583. The van der Waals surface area contributed by atoms with Crippen molar-refractivity contribution < 1.29 is 19.4 Å². The van der Waals surface area contributed by atoms with Crippen LogP contribution in [0.15, 0.2) is 18.2 Å². The Labute approximate surface area is 130 Å². The van der Waals surface area contributed by atoms with Crippen LogP contribution in [0.4, 0.5) is 0 Å². The quantitative estimate of drug-likeness (QED) is 0.852. The van der Waals surface area contributed by atoms with E-state index in [1.807, 2.05) is 6.07 Å². The largest absolute Gasteiger partial charge is 0.486 e. The summed E-state index contributed by atoms with van der Waals surface area (Å²) in [7, 11) is 0. The van der Waals surface area contributed by atoms with Crippen molar-refractivity contribution in [2.75, 3.05) is 0 Å². The first-order valence-electron chi connectivity index (χ1n) is 7.00. The molecule has 1 N–H and O–H groups in total. The lowest BCUT2D eigenvalue weighted by molar-refractivity contribution is -0.185. The summed E-state index contributed by atoms with van der Waals surface area (Å²) in [6, 6.07) is 5.33. The molecule has 5 heteroatoms. The van der Waals surface area contributed by atoms with Crippen LogP contribution in [0.3, 0.4) is 0 Å². The molecule has 0 amide bonds. The van der Waals surface area contributed by atoms with Crippen LogP contribution in [-0.2, 0) is 16.0 Å². The fraction of sp³-hybridized carbons (Fsp3) is 0.562. The number of benzene rings is 1. The SMILES string of the molecule is CC(C)(C)OC(=O)[C@@](C)(O)[C@H]1CCc2cc(Cl)ccc2O1. The minimum absolute atomic E-state index is 0.527. The van der Waals surface area contributed by atoms with Gasteiger partial charge in [0.25, 0.3) is 0 Å². The number of carbonyl (C=O) groups is 1. The topological polar surface area (TPSA) is 55.8 Å². The van der Waals surface area contributed by atoms with Gasteiger partial charge in [-0.2, -0.15) is 0 Å². The molecule has 1 aliphatic rings. The number of esters is 1. The molecule has 0 aliphatic carbocycles. The predicted octanol–water partition coefficient (Wildman–Crippen LogP) is 3.13. The highest BCUT2D eigenvalue weighted by Gasteiger charge is 2.45. The number of hydrogen-bond donors (Lipinski definition) is 1. The highest BCUT2D eigenvalue weighted by molar-refractivity contribution is 6.30. The van der Waals surface area contributed by atoms with Crippen LogP contribution in [0, 0.1) is 0 Å². The van der Waals surface area contributed by atoms with E-state index in [0.29, 0.717) is 23.6 Å². The van der Waals surface area contributed by atoms with Gasteiger partial charge in [-0.25, -0.2) is 4.79 Å². The highest BCUT2D eigenvalue weighted by atomic mass is 35.5. The van der Waals surface area contributed by atoms with Gasteiger partial charge in [-0.3, -0.25) is 0 Å². The molecular weight excluding hydrogens is 292 g/mol. The van der Waals surface area contributed by atoms with E-state index < -0.39 is 23.3 Å². The lowest BCUT2D eigenvalue weighted by Crippen LogP contribution is -2.53. The summed E-state index contributed by atoms with van der Waals surface area (Å²) >= 11 is 5.95. The summed E-state index contributed by atoms with van der Waals surface area (Å²) < 4.78 is 11.1. The maximum atomic E-state index is 12.2. The average molecular weight is 313 g/mol. The summed E-state index contributed by atoms with van der Waals surface area (Å²) in [5, 5.41) is 11.2. The van der Waals surface area contributed by atoms with Gasteiger partial charge in [0, 0.05) is 5.02 Å².